The highest BCUT2D eigenvalue weighted by Gasteiger charge is 2.19. The SMILES string of the molecule is CC/C=C\C/C=C\C/C=C\C/C=C\C/C=C\C/C=C\C/C=C\C/C=C\C/C=C\CCCC(=O)OCC(COC(=O)CCCCCCCCCCCCC)OC(=O)CCCCCCCCCCC/C=C\C/C=C\CCCCC. The molecule has 0 rings (SSSR count). The number of hydrogen-bond acceptors (Lipinski definition) is 6. The van der Waals surface area contributed by atoms with Crippen molar-refractivity contribution in [2.75, 3.05) is 13.2 Å². The topological polar surface area (TPSA) is 78.9 Å². The van der Waals surface area contributed by atoms with E-state index >= 15 is 0 Å². The minimum atomic E-state index is -0.807. The molecular weight excluding hydrogens is 949 g/mol. The van der Waals surface area contributed by atoms with Crippen molar-refractivity contribution < 1.29 is 28.6 Å². The lowest BCUT2D eigenvalue weighted by molar-refractivity contribution is -0.167. The minimum absolute atomic E-state index is 0.0990. The van der Waals surface area contributed by atoms with Crippen LogP contribution < -0.4 is 0 Å². The van der Waals surface area contributed by atoms with Crippen molar-refractivity contribution >= 4 is 17.9 Å². The molecule has 6 heteroatoms. The Bertz CT molecular complexity index is 1650. The van der Waals surface area contributed by atoms with Crippen molar-refractivity contribution in [2.24, 2.45) is 0 Å². The summed E-state index contributed by atoms with van der Waals surface area (Å²) in [5, 5.41) is 0. The van der Waals surface area contributed by atoms with Gasteiger partial charge in [-0.25, -0.2) is 0 Å². The Morgan fingerprint density at radius 3 is 0.870 bits per heavy atom. The first-order valence-electron chi connectivity index (χ1n) is 31.7. The van der Waals surface area contributed by atoms with Gasteiger partial charge in [0.1, 0.15) is 13.2 Å². The molecule has 0 aliphatic carbocycles. The average Bonchev–Trinajstić information content (AvgIpc) is 3.43. The van der Waals surface area contributed by atoms with Crippen LogP contribution in [0.2, 0.25) is 0 Å². The monoisotopic (exact) mass is 1060 g/mol. The first-order valence-corrected chi connectivity index (χ1v) is 31.7. The van der Waals surface area contributed by atoms with E-state index in [9.17, 15) is 14.4 Å². The summed E-state index contributed by atoms with van der Waals surface area (Å²) in [6, 6.07) is 0. The van der Waals surface area contributed by atoms with E-state index in [2.05, 4.69) is 154 Å². The number of esters is 3. The summed E-state index contributed by atoms with van der Waals surface area (Å²) >= 11 is 0. The third-order valence-corrected chi connectivity index (χ3v) is 13.1. The molecule has 0 heterocycles. The van der Waals surface area contributed by atoms with Crippen LogP contribution in [0.3, 0.4) is 0 Å². The second kappa shape index (κ2) is 64.1. The molecule has 0 radical (unpaired) electrons. The van der Waals surface area contributed by atoms with E-state index in [1.807, 2.05) is 0 Å². The molecule has 1 unspecified atom stereocenters. The van der Waals surface area contributed by atoms with Gasteiger partial charge < -0.3 is 14.2 Å². The Balaban J connectivity index is 4.41. The van der Waals surface area contributed by atoms with E-state index in [1.165, 1.54) is 122 Å². The predicted molar refractivity (Wildman–Crippen MR) is 334 cm³/mol. The average molecular weight is 1070 g/mol. The zero-order chi connectivity index (χ0) is 55.7. The van der Waals surface area contributed by atoms with Crippen LogP contribution in [0, 0.1) is 0 Å². The van der Waals surface area contributed by atoms with Gasteiger partial charge in [0, 0.05) is 19.3 Å². The van der Waals surface area contributed by atoms with Gasteiger partial charge in [0.15, 0.2) is 6.10 Å². The van der Waals surface area contributed by atoms with E-state index < -0.39 is 6.10 Å². The number of rotatable bonds is 56. The van der Waals surface area contributed by atoms with Gasteiger partial charge >= 0.3 is 17.9 Å². The minimum Gasteiger partial charge on any atom is -0.462 e. The van der Waals surface area contributed by atoms with Crippen molar-refractivity contribution in [1.82, 2.24) is 0 Å². The van der Waals surface area contributed by atoms with Gasteiger partial charge in [0.05, 0.1) is 0 Å². The number of hydrogen-bond donors (Lipinski definition) is 0. The maximum atomic E-state index is 12.9. The molecule has 436 valence electrons. The van der Waals surface area contributed by atoms with E-state index in [4.69, 9.17) is 14.2 Å². The van der Waals surface area contributed by atoms with E-state index in [-0.39, 0.29) is 37.5 Å². The second-order valence-corrected chi connectivity index (χ2v) is 20.6. The molecule has 0 saturated carbocycles. The van der Waals surface area contributed by atoms with Crippen molar-refractivity contribution in [1.29, 1.82) is 0 Å². The molecule has 6 nitrogen and oxygen atoms in total. The van der Waals surface area contributed by atoms with E-state index in [0.717, 1.165) is 109 Å². The van der Waals surface area contributed by atoms with Crippen molar-refractivity contribution in [3.05, 3.63) is 134 Å². The largest absolute Gasteiger partial charge is 0.462 e. The third-order valence-electron chi connectivity index (χ3n) is 13.1. The number of carbonyl (C=O) groups is 3. The second-order valence-electron chi connectivity index (χ2n) is 20.6. The summed E-state index contributed by atoms with van der Waals surface area (Å²) in [4.78, 5) is 38.2. The number of allylic oxidation sites excluding steroid dienone is 22. The van der Waals surface area contributed by atoms with Crippen LogP contribution in [-0.4, -0.2) is 37.2 Å². The molecular formula is C71H116O6. The summed E-state index contributed by atoms with van der Waals surface area (Å²) in [6.07, 6.45) is 90.3. The molecule has 1 atom stereocenters. The molecule has 0 aromatic carbocycles. The Kier molecular flexibility index (Phi) is 60.4. The normalized spacial score (nSPS) is 13.0. The molecule has 0 saturated heterocycles. The molecule has 0 aromatic heterocycles. The molecule has 0 spiro atoms. The first kappa shape index (κ1) is 72.5. The smallest absolute Gasteiger partial charge is 0.306 e. The van der Waals surface area contributed by atoms with Gasteiger partial charge in [-0.2, -0.15) is 0 Å². The Hall–Kier alpha value is -4.45. The lowest BCUT2D eigenvalue weighted by atomic mass is 10.1. The van der Waals surface area contributed by atoms with Gasteiger partial charge in [-0.15, -0.1) is 0 Å². The molecule has 0 aliphatic heterocycles. The summed E-state index contributed by atoms with van der Waals surface area (Å²) in [7, 11) is 0. The van der Waals surface area contributed by atoms with Crippen LogP contribution >= 0.6 is 0 Å². The van der Waals surface area contributed by atoms with Crippen LogP contribution in [0.15, 0.2) is 134 Å². The van der Waals surface area contributed by atoms with E-state index in [1.54, 1.807) is 0 Å². The molecule has 77 heavy (non-hydrogen) atoms. The van der Waals surface area contributed by atoms with Crippen LogP contribution in [-0.2, 0) is 28.6 Å². The summed E-state index contributed by atoms with van der Waals surface area (Å²) in [6.45, 7) is 6.45. The fourth-order valence-corrected chi connectivity index (χ4v) is 8.42. The quantitative estimate of drug-likeness (QED) is 0.0261. The number of ether oxygens (including phenoxy) is 3. The molecule has 0 amide bonds. The zero-order valence-electron chi connectivity index (χ0n) is 49.9. The maximum absolute atomic E-state index is 12.9. The van der Waals surface area contributed by atoms with Crippen LogP contribution in [0.1, 0.15) is 278 Å². The Morgan fingerprint density at radius 1 is 0.273 bits per heavy atom. The Morgan fingerprint density at radius 2 is 0.519 bits per heavy atom. The third kappa shape index (κ3) is 62.3. The van der Waals surface area contributed by atoms with Crippen LogP contribution in [0.5, 0.6) is 0 Å². The van der Waals surface area contributed by atoms with Crippen molar-refractivity contribution in [2.45, 2.75) is 284 Å². The lowest BCUT2D eigenvalue weighted by Crippen LogP contribution is -2.30. The van der Waals surface area contributed by atoms with Crippen LogP contribution in [0.4, 0.5) is 0 Å². The highest BCUT2D eigenvalue weighted by Crippen LogP contribution is 2.15. The summed E-state index contributed by atoms with van der Waals surface area (Å²) in [5.74, 6) is -0.965. The van der Waals surface area contributed by atoms with Crippen molar-refractivity contribution in [3.8, 4) is 0 Å². The molecule has 0 N–H and O–H groups in total. The van der Waals surface area contributed by atoms with Gasteiger partial charge in [0.2, 0.25) is 0 Å². The number of carbonyl (C=O) groups excluding carboxylic acids is 3. The molecule has 0 fully saturated rings. The van der Waals surface area contributed by atoms with Gasteiger partial charge in [-0.1, -0.05) is 276 Å². The highest BCUT2D eigenvalue weighted by molar-refractivity contribution is 5.71. The first-order chi connectivity index (χ1) is 38.0. The lowest BCUT2D eigenvalue weighted by Gasteiger charge is -2.18. The molecule has 0 bridgehead atoms. The molecule has 0 aliphatic rings. The number of unbranched alkanes of at least 4 members (excludes halogenated alkanes) is 23. The van der Waals surface area contributed by atoms with Crippen molar-refractivity contribution in [3.63, 3.8) is 0 Å². The van der Waals surface area contributed by atoms with Gasteiger partial charge in [-0.05, 0) is 116 Å². The molecule has 0 aromatic rings. The maximum Gasteiger partial charge on any atom is 0.306 e. The fourth-order valence-electron chi connectivity index (χ4n) is 8.42. The summed E-state index contributed by atoms with van der Waals surface area (Å²) in [5.41, 5.74) is 0. The van der Waals surface area contributed by atoms with Crippen LogP contribution in [0.25, 0.3) is 0 Å². The van der Waals surface area contributed by atoms with Gasteiger partial charge in [-0.3, -0.25) is 14.4 Å². The van der Waals surface area contributed by atoms with E-state index in [0.29, 0.717) is 19.3 Å². The zero-order valence-corrected chi connectivity index (χ0v) is 49.9. The standard InChI is InChI=1S/C71H116O6/c1-4-7-10-13-16-19-22-24-26-28-30-31-32-33-34-35-36-37-38-39-41-42-44-46-49-52-55-58-61-64-70(73)76-67-68(66-75-69(72)63-60-57-54-51-48-21-18-15-12-9-6-3)77-71(74)65-62-59-56-53-50-47-45-43-40-29-27-25-23-20-17-14-11-8-5-2/h7,10,16-17,19-20,24-27,30-31,33-34,36-37,39,41,44,46,52,55,68H,4-6,8-9,11-15,18,21-23,28-29,32,35,38,40,42-43,45,47-51,53-54,56-67H2,1-3H3/b10-7-,19-16-,20-17-,26-24-,27-25-,31-30-,34-33-,37-36-,41-39-,46-44-,55-52-. The predicted octanol–water partition coefficient (Wildman–Crippen LogP) is 21.8. The Labute approximate surface area is 475 Å². The summed E-state index contributed by atoms with van der Waals surface area (Å²) < 4.78 is 16.8. The fraction of sp³-hybridized carbons (Fsp3) is 0.648. The highest BCUT2D eigenvalue weighted by atomic mass is 16.6. The van der Waals surface area contributed by atoms with Gasteiger partial charge in [0.25, 0.3) is 0 Å².